The minimum atomic E-state index is -3.53. The lowest BCUT2D eigenvalue weighted by molar-refractivity contribution is -0.115. The molecule has 0 aliphatic carbocycles. The molecule has 37 heavy (non-hydrogen) atoms. The zero-order valence-electron chi connectivity index (χ0n) is 20.8. The molecule has 2 atom stereocenters. The molecule has 0 saturated carbocycles. The lowest BCUT2D eigenvalue weighted by Gasteiger charge is -2.37. The number of carbonyl (C=O) groups excluding carboxylic acids is 2. The molecule has 196 valence electrons. The Morgan fingerprint density at radius 2 is 1.78 bits per heavy atom. The van der Waals surface area contributed by atoms with E-state index < -0.39 is 34.2 Å². The van der Waals surface area contributed by atoms with Crippen LogP contribution in [0.4, 0.5) is 15.8 Å². The maximum atomic E-state index is 15.4. The number of nitrogens with one attached hydrogen (secondary N) is 2. The van der Waals surface area contributed by atoms with Crippen LogP contribution in [-0.2, 0) is 19.6 Å². The van der Waals surface area contributed by atoms with Crippen LogP contribution < -0.4 is 15.5 Å². The van der Waals surface area contributed by atoms with Crippen LogP contribution in [0.1, 0.15) is 24.2 Å². The third-order valence-corrected chi connectivity index (χ3v) is 6.93. The van der Waals surface area contributed by atoms with E-state index in [4.69, 9.17) is 4.74 Å². The van der Waals surface area contributed by atoms with Gasteiger partial charge in [0, 0.05) is 36.7 Å². The molecule has 1 aromatic heterocycles. The zero-order chi connectivity index (χ0) is 26.7. The van der Waals surface area contributed by atoms with Gasteiger partial charge in [-0.2, -0.15) is 0 Å². The molecule has 1 saturated heterocycles. The van der Waals surface area contributed by atoms with Crippen LogP contribution in [0.15, 0.2) is 60.9 Å². The molecule has 2 N–H and O–H groups in total. The van der Waals surface area contributed by atoms with E-state index in [1.165, 1.54) is 18.3 Å². The van der Waals surface area contributed by atoms with Crippen molar-refractivity contribution in [2.45, 2.75) is 26.1 Å². The number of halogens is 1. The van der Waals surface area contributed by atoms with Gasteiger partial charge < -0.3 is 20.3 Å². The van der Waals surface area contributed by atoms with Crippen molar-refractivity contribution in [3.63, 3.8) is 0 Å². The first-order chi connectivity index (χ1) is 17.5. The highest BCUT2D eigenvalue weighted by Gasteiger charge is 2.23. The SMILES string of the molecule is CC1CN(c2cccc(-c3cccc(NC(=O)CNC(=O)c4ccn(S(C)(=O)=O)c4)c3F)c2)CC(C)O1. The van der Waals surface area contributed by atoms with Crippen molar-refractivity contribution in [1.29, 1.82) is 0 Å². The molecule has 2 aromatic carbocycles. The van der Waals surface area contributed by atoms with Gasteiger partial charge in [-0.1, -0.05) is 24.3 Å². The quantitative estimate of drug-likeness (QED) is 0.488. The minimum absolute atomic E-state index is 0.0148. The van der Waals surface area contributed by atoms with Gasteiger partial charge in [0.1, 0.15) is 0 Å². The molecule has 2 amide bonds. The monoisotopic (exact) mass is 528 g/mol. The molecule has 9 nitrogen and oxygen atoms in total. The number of morpholine rings is 1. The maximum Gasteiger partial charge on any atom is 0.253 e. The van der Waals surface area contributed by atoms with Gasteiger partial charge in [-0.15, -0.1) is 0 Å². The third kappa shape index (κ3) is 6.36. The highest BCUT2D eigenvalue weighted by molar-refractivity contribution is 7.89. The molecule has 2 heterocycles. The summed E-state index contributed by atoms with van der Waals surface area (Å²) in [6.45, 7) is 5.09. The van der Waals surface area contributed by atoms with Crippen LogP contribution in [0.25, 0.3) is 11.1 Å². The number of nitrogens with zero attached hydrogens (tertiary/aromatic N) is 2. The molecule has 0 radical (unpaired) electrons. The van der Waals surface area contributed by atoms with Crippen molar-refractivity contribution in [3.05, 3.63) is 72.3 Å². The first kappa shape index (κ1) is 26.4. The Hall–Kier alpha value is -3.70. The van der Waals surface area contributed by atoms with Gasteiger partial charge in [-0.05, 0) is 43.7 Å². The van der Waals surface area contributed by atoms with Crippen molar-refractivity contribution >= 4 is 33.2 Å². The number of benzene rings is 2. The minimum Gasteiger partial charge on any atom is -0.372 e. The smallest absolute Gasteiger partial charge is 0.253 e. The number of anilines is 2. The fraction of sp³-hybridized carbons (Fsp3) is 0.308. The van der Waals surface area contributed by atoms with Gasteiger partial charge in [0.2, 0.25) is 15.9 Å². The van der Waals surface area contributed by atoms with Gasteiger partial charge in [-0.25, -0.2) is 12.8 Å². The van der Waals surface area contributed by atoms with Crippen molar-refractivity contribution in [3.8, 4) is 11.1 Å². The lowest BCUT2D eigenvalue weighted by atomic mass is 10.0. The summed E-state index contributed by atoms with van der Waals surface area (Å²) < 4.78 is 45.2. The van der Waals surface area contributed by atoms with E-state index >= 15 is 4.39 Å². The normalized spacial score (nSPS) is 17.9. The number of hydrogen-bond acceptors (Lipinski definition) is 6. The maximum absolute atomic E-state index is 15.4. The molecule has 0 spiro atoms. The lowest BCUT2D eigenvalue weighted by Crippen LogP contribution is -2.45. The Kier molecular flexibility index (Phi) is 7.65. The van der Waals surface area contributed by atoms with Crippen LogP contribution in [0.5, 0.6) is 0 Å². The number of ether oxygens (including phenoxy) is 1. The standard InChI is InChI=1S/C26H29FN4O5S/c1-17-14-30(15-18(2)36-17)21-7-4-6-19(12-21)22-8-5-9-23(25(22)27)29-24(32)13-28-26(33)20-10-11-31(16-20)37(3,34)35/h4-12,16-18H,13-15H2,1-3H3,(H,28,33)(H,29,32). The van der Waals surface area contributed by atoms with Gasteiger partial charge in [0.05, 0.1) is 36.3 Å². The van der Waals surface area contributed by atoms with E-state index in [9.17, 15) is 18.0 Å². The molecule has 1 aliphatic heterocycles. The van der Waals surface area contributed by atoms with Crippen LogP contribution in [-0.4, -0.2) is 62.3 Å². The second-order valence-electron chi connectivity index (χ2n) is 9.10. The van der Waals surface area contributed by atoms with E-state index in [2.05, 4.69) is 15.5 Å². The fourth-order valence-electron chi connectivity index (χ4n) is 4.28. The number of hydrogen-bond donors (Lipinski definition) is 2. The molecular formula is C26H29FN4O5S. The summed E-state index contributed by atoms with van der Waals surface area (Å²) in [5, 5.41) is 4.89. The summed E-state index contributed by atoms with van der Waals surface area (Å²) in [7, 11) is -3.53. The van der Waals surface area contributed by atoms with E-state index in [1.807, 2.05) is 38.1 Å². The zero-order valence-corrected chi connectivity index (χ0v) is 21.6. The molecule has 1 fully saturated rings. The number of aromatic nitrogens is 1. The largest absolute Gasteiger partial charge is 0.372 e. The predicted molar refractivity (Wildman–Crippen MR) is 140 cm³/mol. The first-order valence-corrected chi connectivity index (χ1v) is 13.6. The molecule has 11 heteroatoms. The molecule has 0 bridgehead atoms. The average Bonchev–Trinajstić information content (AvgIpc) is 3.35. The molecular weight excluding hydrogens is 499 g/mol. The Bertz CT molecular complexity index is 1410. The highest BCUT2D eigenvalue weighted by Crippen LogP contribution is 2.31. The number of rotatable bonds is 7. The van der Waals surface area contributed by atoms with E-state index in [0.717, 1.165) is 35.2 Å². The summed E-state index contributed by atoms with van der Waals surface area (Å²) in [5.41, 5.74) is 2.02. The molecule has 1 aliphatic rings. The summed E-state index contributed by atoms with van der Waals surface area (Å²) >= 11 is 0. The number of amides is 2. The van der Waals surface area contributed by atoms with E-state index in [-0.39, 0.29) is 23.5 Å². The molecule has 4 rings (SSSR count). The van der Waals surface area contributed by atoms with Gasteiger partial charge >= 0.3 is 0 Å². The summed E-state index contributed by atoms with van der Waals surface area (Å²) in [6.07, 6.45) is 3.56. The highest BCUT2D eigenvalue weighted by atomic mass is 32.2. The fourth-order valence-corrected chi connectivity index (χ4v) is 4.87. The molecule has 2 unspecified atom stereocenters. The van der Waals surface area contributed by atoms with Gasteiger partial charge in [-0.3, -0.25) is 13.6 Å². The summed E-state index contributed by atoms with van der Waals surface area (Å²) in [4.78, 5) is 26.9. The Labute approximate surface area is 215 Å². The second kappa shape index (κ2) is 10.7. The average molecular weight is 529 g/mol. The Morgan fingerprint density at radius 3 is 2.46 bits per heavy atom. The van der Waals surface area contributed by atoms with Crippen LogP contribution in [0, 0.1) is 5.82 Å². The van der Waals surface area contributed by atoms with E-state index in [1.54, 1.807) is 12.1 Å². The summed E-state index contributed by atoms with van der Waals surface area (Å²) in [5.74, 6) is -1.85. The van der Waals surface area contributed by atoms with Gasteiger partial charge in [0.25, 0.3) is 5.91 Å². The second-order valence-corrected chi connectivity index (χ2v) is 11.0. The Balaban J connectivity index is 1.43. The molecule has 3 aromatic rings. The topological polar surface area (TPSA) is 110 Å². The van der Waals surface area contributed by atoms with Crippen LogP contribution >= 0.6 is 0 Å². The van der Waals surface area contributed by atoms with Crippen molar-refractivity contribution in [2.75, 3.05) is 36.1 Å². The third-order valence-electron chi connectivity index (χ3n) is 5.94. The first-order valence-electron chi connectivity index (χ1n) is 11.8. The van der Waals surface area contributed by atoms with Crippen molar-refractivity contribution in [2.24, 2.45) is 0 Å². The van der Waals surface area contributed by atoms with E-state index in [0.29, 0.717) is 11.1 Å². The predicted octanol–water partition coefficient (Wildman–Crippen LogP) is 3.08. The van der Waals surface area contributed by atoms with Crippen molar-refractivity contribution < 1.29 is 27.1 Å². The van der Waals surface area contributed by atoms with Crippen LogP contribution in [0.2, 0.25) is 0 Å². The number of carbonyl (C=O) groups is 2. The van der Waals surface area contributed by atoms with Crippen LogP contribution in [0.3, 0.4) is 0 Å². The van der Waals surface area contributed by atoms with Crippen molar-refractivity contribution in [1.82, 2.24) is 9.29 Å². The summed E-state index contributed by atoms with van der Waals surface area (Å²) in [6, 6.07) is 13.6. The van der Waals surface area contributed by atoms with Gasteiger partial charge in [0.15, 0.2) is 5.82 Å². The Morgan fingerprint density at radius 1 is 1.08 bits per heavy atom.